The van der Waals surface area contributed by atoms with Gasteiger partial charge in [-0.1, -0.05) is 18.2 Å². The Hall–Kier alpha value is -0.880. The Bertz CT molecular complexity index is 499. The van der Waals surface area contributed by atoms with Gasteiger partial charge in [0.05, 0.1) is 11.5 Å². The molecule has 0 radical (unpaired) electrons. The fourth-order valence-electron chi connectivity index (χ4n) is 1.65. The molecule has 1 N–H and O–H groups in total. The number of benzene rings is 1. The van der Waals surface area contributed by atoms with Crippen molar-refractivity contribution >= 4 is 21.6 Å². The van der Waals surface area contributed by atoms with Crippen molar-refractivity contribution in [1.29, 1.82) is 0 Å². The molecule has 1 aromatic carbocycles. The SMILES string of the molecule is C=CCN(CCO)S(=O)(=O)c1ccc(CCCl)cc1. The molecule has 0 fully saturated rings. The van der Waals surface area contributed by atoms with Gasteiger partial charge in [0.15, 0.2) is 0 Å². The Balaban J connectivity index is 3.00. The van der Waals surface area contributed by atoms with E-state index in [1.807, 2.05) is 0 Å². The summed E-state index contributed by atoms with van der Waals surface area (Å²) in [7, 11) is -3.59. The van der Waals surface area contributed by atoms with Gasteiger partial charge in [0.2, 0.25) is 10.0 Å². The van der Waals surface area contributed by atoms with Gasteiger partial charge < -0.3 is 5.11 Å². The number of halogens is 1. The highest BCUT2D eigenvalue weighted by Gasteiger charge is 2.22. The van der Waals surface area contributed by atoms with Gasteiger partial charge >= 0.3 is 0 Å². The van der Waals surface area contributed by atoms with Crippen LogP contribution in [-0.2, 0) is 16.4 Å². The summed E-state index contributed by atoms with van der Waals surface area (Å²) < 4.78 is 25.8. The molecule has 0 spiro atoms. The molecule has 0 saturated carbocycles. The van der Waals surface area contributed by atoms with Crippen LogP contribution in [0.2, 0.25) is 0 Å². The number of hydrogen-bond acceptors (Lipinski definition) is 3. The molecule has 0 aromatic heterocycles. The smallest absolute Gasteiger partial charge is 0.243 e. The van der Waals surface area contributed by atoms with Gasteiger partial charge in [0, 0.05) is 19.0 Å². The third-order valence-corrected chi connectivity index (χ3v) is 4.69. The molecule has 0 amide bonds. The van der Waals surface area contributed by atoms with Crippen molar-refractivity contribution < 1.29 is 13.5 Å². The number of aryl methyl sites for hydroxylation is 1. The molecule has 19 heavy (non-hydrogen) atoms. The van der Waals surface area contributed by atoms with Gasteiger partial charge in [-0.15, -0.1) is 18.2 Å². The van der Waals surface area contributed by atoms with Gasteiger partial charge in [0.1, 0.15) is 0 Å². The van der Waals surface area contributed by atoms with Crippen LogP contribution in [0.3, 0.4) is 0 Å². The maximum absolute atomic E-state index is 12.3. The van der Waals surface area contributed by atoms with Crippen LogP contribution in [0.25, 0.3) is 0 Å². The number of rotatable bonds is 8. The second-order valence-electron chi connectivity index (χ2n) is 3.96. The van der Waals surface area contributed by atoms with Crippen molar-refractivity contribution in [2.24, 2.45) is 0 Å². The minimum Gasteiger partial charge on any atom is -0.395 e. The van der Waals surface area contributed by atoms with Crippen LogP contribution >= 0.6 is 11.6 Å². The van der Waals surface area contributed by atoms with E-state index in [0.717, 1.165) is 5.56 Å². The summed E-state index contributed by atoms with van der Waals surface area (Å²) in [6.07, 6.45) is 2.20. The molecular formula is C13H18ClNO3S. The van der Waals surface area contributed by atoms with E-state index in [0.29, 0.717) is 12.3 Å². The summed E-state index contributed by atoms with van der Waals surface area (Å²) in [6.45, 7) is 3.53. The maximum Gasteiger partial charge on any atom is 0.243 e. The summed E-state index contributed by atoms with van der Waals surface area (Å²) >= 11 is 5.63. The third kappa shape index (κ3) is 4.31. The van der Waals surface area contributed by atoms with Crippen LogP contribution in [-0.4, -0.2) is 43.4 Å². The second-order valence-corrected chi connectivity index (χ2v) is 6.27. The number of sulfonamides is 1. The molecule has 0 unspecified atom stereocenters. The minimum absolute atomic E-state index is 0.0534. The first kappa shape index (κ1) is 16.2. The summed E-state index contributed by atoms with van der Waals surface area (Å²) in [5, 5.41) is 8.93. The summed E-state index contributed by atoms with van der Waals surface area (Å²) in [5.74, 6) is 0.499. The lowest BCUT2D eigenvalue weighted by atomic mass is 10.2. The number of alkyl halides is 1. The fraction of sp³-hybridized carbons (Fsp3) is 0.385. The van der Waals surface area contributed by atoms with E-state index in [1.54, 1.807) is 24.3 Å². The van der Waals surface area contributed by atoms with Crippen LogP contribution in [0.15, 0.2) is 41.8 Å². The lowest BCUT2D eigenvalue weighted by Crippen LogP contribution is -2.33. The molecule has 1 rings (SSSR count). The van der Waals surface area contributed by atoms with Crippen LogP contribution in [0.5, 0.6) is 0 Å². The topological polar surface area (TPSA) is 57.6 Å². The summed E-state index contributed by atoms with van der Waals surface area (Å²) in [6, 6.07) is 6.62. The van der Waals surface area contributed by atoms with Crippen LogP contribution < -0.4 is 0 Å². The first-order valence-electron chi connectivity index (χ1n) is 5.93. The predicted molar refractivity (Wildman–Crippen MR) is 76.9 cm³/mol. The minimum atomic E-state index is -3.59. The number of aliphatic hydroxyl groups is 1. The van der Waals surface area contributed by atoms with E-state index in [9.17, 15) is 8.42 Å². The average Bonchev–Trinajstić information content (AvgIpc) is 2.39. The van der Waals surface area contributed by atoms with E-state index < -0.39 is 10.0 Å². The molecule has 106 valence electrons. The molecule has 0 aliphatic heterocycles. The zero-order valence-electron chi connectivity index (χ0n) is 10.6. The number of nitrogens with zero attached hydrogens (tertiary/aromatic N) is 1. The third-order valence-electron chi connectivity index (χ3n) is 2.63. The summed E-state index contributed by atoms with van der Waals surface area (Å²) in [5.41, 5.74) is 0.992. The Kier molecular flexibility index (Phi) is 6.51. The molecule has 0 aliphatic carbocycles. The molecule has 0 aliphatic rings. The highest BCUT2D eigenvalue weighted by atomic mass is 35.5. The van der Waals surface area contributed by atoms with E-state index >= 15 is 0 Å². The lowest BCUT2D eigenvalue weighted by molar-refractivity contribution is 0.260. The van der Waals surface area contributed by atoms with Crippen molar-refractivity contribution in [2.75, 3.05) is 25.6 Å². The predicted octanol–water partition coefficient (Wildman–Crippen LogP) is 1.64. The first-order chi connectivity index (χ1) is 9.06. The zero-order valence-corrected chi connectivity index (χ0v) is 12.2. The normalized spacial score (nSPS) is 11.7. The van der Waals surface area contributed by atoms with Crippen molar-refractivity contribution in [3.8, 4) is 0 Å². The van der Waals surface area contributed by atoms with Gasteiger partial charge in [-0.3, -0.25) is 0 Å². The lowest BCUT2D eigenvalue weighted by Gasteiger charge is -2.19. The largest absolute Gasteiger partial charge is 0.395 e. The van der Waals surface area contributed by atoms with E-state index in [-0.39, 0.29) is 24.6 Å². The number of hydrogen-bond donors (Lipinski definition) is 1. The Morgan fingerprint density at radius 3 is 2.42 bits per heavy atom. The Labute approximate surface area is 119 Å². The van der Waals surface area contributed by atoms with Crippen molar-refractivity contribution in [1.82, 2.24) is 4.31 Å². The molecule has 0 heterocycles. The highest BCUT2D eigenvalue weighted by Crippen LogP contribution is 2.16. The van der Waals surface area contributed by atoms with Gasteiger partial charge in [-0.2, -0.15) is 4.31 Å². The molecule has 0 bridgehead atoms. The summed E-state index contributed by atoms with van der Waals surface area (Å²) in [4.78, 5) is 0.209. The van der Waals surface area contributed by atoms with Crippen LogP contribution in [0, 0.1) is 0 Å². The molecule has 1 aromatic rings. The van der Waals surface area contributed by atoms with E-state index in [4.69, 9.17) is 16.7 Å². The molecule has 0 atom stereocenters. The second kappa shape index (κ2) is 7.65. The number of aliphatic hydroxyl groups excluding tert-OH is 1. The first-order valence-corrected chi connectivity index (χ1v) is 7.90. The Morgan fingerprint density at radius 2 is 1.95 bits per heavy atom. The quantitative estimate of drug-likeness (QED) is 0.587. The molecule has 6 heteroatoms. The van der Waals surface area contributed by atoms with Crippen LogP contribution in [0.4, 0.5) is 0 Å². The molecule has 4 nitrogen and oxygen atoms in total. The maximum atomic E-state index is 12.3. The molecule has 0 saturated heterocycles. The standard InChI is InChI=1S/C13H18ClNO3S/c1-2-9-15(10-11-16)19(17,18)13-5-3-12(4-6-13)7-8-14/h2-6,16H,1,7-11H2. The Morgan fingerprint density at radius 1 is 1.32 bits per heavy atom. The van der Waals surface area contributed by atoms with Crippen molar-refractivity contribution in [3.05, 3.63) is 42.5 Å². The average molecular weight is 304 g/mol. The van der Waals surface area contributed by atoms with Crippen molar-refractivity contribution in [3.63, 3.8) is 0 Å². The van der Waals surface area contributed by atoms with E-state index in [2.05, 4.69) is 6.58 Å². The fourth-order valence-corrected chi connectivity index (χ4v) is 3.27. The van der Waals surface area contributed by atoms with Crippen LogP contribution in [0.1, 0.15) is 5.56 Å². The van der Waals surface area contributed by atoms with Gasteiger partial charge in [-0.05, 0) is 24.1 Å². The van der Waals surface area contributed by atoms with Gasteiger partial charge in [-0.25, -0.2) is 8.42 Å². The zero-order chi connectivity index (χ0) is 14.3. The molecular weight excluding hydrogens is 286 g/mol. The van der Waals surface area contributed by atoms with Gasteiger partial charge in [0.25, 0.3) is 0 Å². The highest BCUT2D eigenvalue weighted by molar-refractivity contribution is 7.89. The monoisotopic (exact) mass is 303 g/mol. The van der Waals surface area contributed by atoms with E-state index in [1.165, 1.54) is 10.4 Å². The van der Waals surface area contributed by atoms with Crippen molar-refractivity contribution in [2.45, 2.75) is 11.3 Å².